The van der Waals surface area contributed by atoms with Crippen molar-refractivity contribution in [3.05, 3.63) is 123 Å². The number of nitrogens with zero attached hydrogens (tertiary/aromatic N) is 3. The van der Waals surface area contributed by atoms with Crippen LogP contribution in [0.2, 0.25) is 10.0 Å². The molecule has 3 aromatic carbocycles. The van der Waals surface area contributed by atoms with E-state index in [0.717, 1.165) is 38.9 Å². The predicted molar refractivity (Wildman–Crippen MR) is 143 cm³/mol. The third-order valence-electron chi connectivity index (χ3n) is 6.36. The SMILES string of the molecule is Cn1cncc1C([AsH2])(c1ccc(Cl)cc1)c1ccc2c(c1)c(-c1cccc(Cl)c1)cc(=O)n2C. The van der Waals surface area contributed by atoms with Crippen LogP contribution in [0.15, 0.2) is 90.1 Å². The monoisotopic (exact) mass is 549 g/mol. The zero-order chi connectivity index (χ0) is 24.0. The molecule has 0 bridgehead atoms. The van der Waals surface area contributed by atoms with Crippen molar-refractivity contribution in [2.75, 3.05) is 0 Å². The van der Waals surface area contributed by atoms with Crippen LogP contribution >= 0.6 is 23.2 Å². The van der Waals surface area contributed by atoms with Crippen LogP contribution in [-0.4, -0.2) is 31.0 Å². The fourth-order valence-corrected chi connectivity index (χ4v) is 6.19. The average Bonchev–Trinajstić information content (AvgIpc) is 3.27. The minimum atomic E-state index is -0.447. The summed E-state index contributed by atoms with van der Waals surface area (Å²) in [6.07, 6.45) is 3.74. The summed E-state index contributed by atoms with van der Waals surface area (Å²) in [5.74, 6) is 0. The van der Waals surface area contributed by atoms with Crippen LogP contribution in [0.3, 0.4) is 0 Å². The van der Waals surface area contributed by atoms with E-state index in [4.69, 9.17) is 23.2 Å². The third-order valence-corrected chi connectivity index (χ3v) is 8.86. The van der Waals surface area contributed by atoms with Crippen molar-refractivity contribution < 1.29 is 0 Å². The van der Waals surface area contributed by atoms with Crippen molar-refractivity contribution in [3.8, 4) is 11.1 Å². The fraction of sp³-hybridized carbons (Fsp3) is 0.111. The molecule has 0 fully saturated rings. The Bertz CT molecular complexity index is 1590. The second-order valence-electron chi connectivity index (χ2n) is 8.40. The van der Waals surface area contributed by atoms with Gasteiger partial charge in [-0.05, 0) is 0 Å². The molecular formula is C27H22AsCl2N3O. The molecule has 34 heavy (non-hydrogen) atoms. The van der Waals surface area contributed by atoms with Gasteiger partial charge >= 0.3 is 217 Å². The summed E-state index contributed by atoms with van der Waals surface area (Å²) in [5.41, 5.74) is 5.86. The van der Waals surface area contributed by atoms with E-state index in [1.807, 2.05) is 62.0 Å². The fourth-order valence-electron chi connectivity index (χ4n) is 4.51. The van der Waals surface area contributed by atoms with E-state index in [-0.39, 0.29) is 5.56 Å². The number of rotatable bonds is 4. The molecule has 2 heterocycles. The van der Waals surface area contributed by atoms with Crippen LogP contribution in [0.1, 0.15) is 16.8 Å². The van der Waals surface area contributed by atoms with E-state index in [2.05, 4.69) is 33.8 Å². The van der Waals surface area contributed by atoms with Gasteiger partial charge in [0.1, 0.15) is 0 Å². The van der Waals surface area contributed by atoms with E-state index in [1.165, 1.54) is 0 Å². The summed E-state index contributed by atoms with van der Waals surface area (Å²) < 4.78 is 3.29. The van der Waals surface area contributed by atoms with Crippen molar-refractivity contribution in [2.45, 2.75) is 4.20 Å². The molecule has 2 atom stereocenters. The normalized spacial score (nSPS) is 13.2. The van der Waals surface area contributed by atoms with Gasteiger partial charge in [0.05, 0.1) is 0 Å². The minimum absolute atomic E-state index is 0.0634. The summed E-state index contributed by atoms with van der Waals surface area (Å²) in [4.78, 5) is 17.2. The molecule has 5 aromatic rings. The third kappa shape index (κ3) is 3.80. The molecule has 0 aliphatic carbocycles. The summed E-state index contributed by atoms with van der Waals surface area (Å²) in [6.45, 7) is 0. The van der Waals surface area contributed by atoms with Crippen molar-refractivity contribution in [2.24, 2.45) is 14.1 Å². The number of hydrogen-bond acceptors (Lipinski definition) is 2. The number of aromatic nitrogens is 3. The number of hydrogen-bond donors (Lipinski definition) is 0. The van der Waals surface area contributed by atoms with Crippen LogP contribution in [-0.2, 0) is 18.3 Å². The van der Waals surface area contributed by atoms with Gasteiger partial charge in [-0.25, -0.2) is 0 Å². The van der Waals surface area contributed by atoms with Gasteiger partial charge in [0.15, 0.2) is 0 Å². The molecule has 0 aliphatic heterocycles. The first-order valence-electron chi connectivity index (χ1n) is 10.7. The van der Waals surface area contributed by atoms with Crippen LogP contribution < -0.4 is 5.56 Å². The predicted octanol–water partition coefficient (Wildman–Crippen LogP) is 5.17. The molecule has 2 aromatic heterocycles. The van der Waals surface area contributed by atoms with E-state index in [9.17, 15) is 4.79 Å². The Labute approximate surface area is 216 Å². The molecule has 7 heteroatoms. The Morgan fingerprint density at radius 3 is 2.29 bits per heavy atom. The number of pyridine rings is 1. The first kappa shape index (κ1) is 23.0. The van der Waals surface area contributed by atoms with Crippen LogP contribution in [0, 0.1) is 0 Å². The van der Waals surface area contributed by atoms with Crippen molar-refractivity contribution >= 4 is 51.0 Å². The maximum absolute atomic E-state index is 12.8. The van der Waals surface area contributed by atoms with Crippen molar-refractivity contribution in [1.29, 1.82) is 0 Å². The molecule has 0 amide bonds. The topological polar surface area (TPSA) is 39.8 Å². The van der Waals surface area contributed by atoms with Gasteiger partial charge in [-0.3, -0.25) is 0 Å². The van der Waals surface area contributed by atoms with Crippen LogP contribution in [0.25, 0.3) is 22.0 Å². The van der Waals surface area contributed by atoms with Gasteiger partial charge in [0.2, 0.25) is 0 Å². The Balaban J connectivity index is 1.84. The Hall–Kier alpha value is -2.78. The number of fused-ring (bicyclic) bond motifs is 1. The molecule has 2 unspecified atom stereocenters. The van der Waals surface area contributed by atoms with Gasteiger partial charge in [-0.1, -0.05) is 0 Å². The second-order valence-corrected chi connectivity index (χ2v) is 11.1. The summed E-state index contributed by atoms with van der Waals surface area (Å²) >= 11 is 14.1. The van der Waals surface area contributed by atoms with E-state index in [1.54, 1.807) is 34.5 Å². The molecule has 4 nitrogen and oxygen atoms in total. The van der Waals surface area contributed by atoms with E-state index >= 15 is 0 Å². The zero-order valence-corrected chi connectivity index (χ0v) is 22.6. The van der Waals surface area contributed by atoms with Crippen molar-refractivity contribution in [3.63, 3.8) is 0 Å². The number of benzene rings is 3. The van der Waals surface area contributed by atoms with Gasteiger partial charge in [-0.15, -0.1) is 0 Å². The average molecular weight is 550 g/mol. The summed E-state index contributed by atoms with van der Waals surface area (Å²) in [6, 6.07) is 23.6. The quantitative estimate of drug-likeness (QED) is 0.290. The summed E-state index contributed by atoms with van der Waals surface area (Å²) in [5, 5.41) is 2.31. The molecule has 0 saturated carbocycles. The van der Waals surface area contributed by atoms with E-state index in [0.29, 0.717) is 10.0 Å². The van der Waals surface area contributed by atoms with E-state index < -0.39 is 4.20 Å². The van der Waals surface area contributed by atoms with Crippen LogP contribution in [0.4, 0.5) is 0 Å². The Morgan fingerprint density at radius 2 is 1.62 bits per heavy atom. The number of halogens is 2. The van der Waals surface area contributed by atoms with Gasteiger partial charge in [-0.2, -0.15) is 0 Å². The molecule has 0 saturated heterocycles. The molecule has 5 rings (SSSR count). The van der Waals surface area contributed by atoms with Gasteiger partial charge < -0.3 is 0 Å². The molecular weight excluding hydrogens is 528 g/mol. The molecule has 0 radical (unpaired) electrons. The van der Waals surface area contributed by atoms with Gasteiger partial charge in [0, 0.05) is 0 Å². The van der Waals surface area contributed by atoms with Crippen molar-refractivity contribution in [1.82, 2.24) is 14.1 Å². The molecule has 0 aliphatic rings. The molecule has 0 spiro atoms. The molecule has 0 N–H and O–H groups in total. The maximum atomic E-state index is 12.8. The number of imidazole rings is 1. The summed E-state index contributed by atoms with van der Waals surface area (Å²) in [7, 11) is 3.81. The first-order chi connectivity index (χ1) is 16.3. The molecule has 170 valence electrons. The standard InChI is InChI=1S/C27H22AsCl2N3O/c1-32-16-31-15-25(32)27(28,18-6-9-20(29)10-7-18)19-8-11-24-23(13-19)22(14-26(34)33(24)2)17-4-3-5-21(30)12-17/h3-16H,28H2,1-2H3. The Kier molecular flexibility index (Phi) is 5.93. The first-order valence-corrected chi connectivity index (χ1v) is 12.7. The Morgan fingerprint density at radius 1 is 0.882 bits per heavy atom. The second kappa shape index (κ2) is 8.78. The number of aryl methyl sites for hydroxylation is 2. The van der Waals surface area contributed by atoms with Gasteiger partial charge in [0.25, 0.3) is 0 Å². The zero-order valence-electron chi connectivity index (χ0n) is 18.7. The van der Waals surface area contributed by atoms with Crippen LogP contribution in [0.5, 0.6) is 0 Å².